The van der Waals surface area contributed by atoms with Gasteiger partial charge in [-0.15, -0.1) is 0 Å². The molecule has 2 rings (SSSR count). The van der Waals surface area contributed by atoms with E-state index in [1.165, 1.54) is 0 Å². The highest BCUT2D eigenvalue weighted by atomic mass is 16.5. The Kier molecular flexibility index (Phi) is 3.28. The summed E-state index contributed by atoms with van der Waals surface area (Å²) in [6.07, 6.45) is 0.371. The van der Waals surface area contributed by atoms with Crippen LogP contribution in [0.2, 0.25) is 0 Å². The van der Waals surface area contributed by atoms with Crippen LogP contribution < -0.4 is 9.47 Å². The Hall–Kier alpha value is -2.03. The highest BCUT2D eigenvalue weighted by Crippen LogP contribution is 2.25. The van der Waals surface area contributed by atoms with Crippen molar-refractivity contribution in [3.8, 4) is 11.5 Å². The average molecular weight is 230 g/mol. The fourth-order valence-electron chi connectivity index (χ4n) is 1.60. The maximum absolute atomic E-state index is 11.2. The number of carbonyl (C=O) groups is 1. The third-order valence-corrected chi connectivity index (χ3v) is 2.54. The second kappa shape index (κ2) is 4.87. The molecule has 0 amide bonds. The lowest BCUT2D eigenvalue weighted by atomic mass is 10.1. The van der Waals surface area contributed by atoms with E-state index in [0.29, 0.717) is 12.2 Å². The lowest BCUT2D eigenvalue weighted by molar-refractivity contribution is -0.134. The summed E-state index contributed by atoms with van der Waals surface area (Å²) in [5, 5.41) is 2.08. The fourth-order valence-corrected chi connectivity index (χ4v) is 1.60. The predicted molar refractivity (Wildman–Crippen MR) is 66.4 cm³/mol. The van der Waals surface area contributed by atoms with Gasteiger partial charge in [0.05, 0.1) is 7.11 Å². The molecule has 88 valence electrons. The number of hydrogen-bond acceptors (Lipinski definition) is 3. The quantitative estimate of drug-likeness (QED) is 0.600. The van der Waals surface area contributed by atoms with E-state index in [2.05, 4.69) is 0 Å². The molecular weight excluding hydrogens is 216 g/mol. The molecule has 0 aliphatic carbocycles. The topological polar surface area (TPSA) is 35.5 Å². The van der Waals surface area contributed by atoms with Crippen LogP contribution in [0.5, 0.6) is 11.5 Å². The van der Waals surface area contributed by atoms with Gasteiger partial charge in [-0.05, 0) is 35.0 Å². The highest BCUT2D eigenvalue weighted by Gasteiger charge is 2.03. The van der Waals surface area contributed by atoms with Crippen LogP contribution in [-0.4, -0.2) is 13.1 Å². The van der Waals surface area contributed by atoms with Crippen molar-refractivity contribution in [1.29, 1.82) is 0 Å². The molecule has 0 aliphatic heterocycles. The van der Waals surface area contributed by atoms with Crippen LogP contribution in [0.1, 0.15) is 13.3 Å². The van der Waals surface area contributed by atoms with Crippen LogP contribution in [0, 0.1) is 0 Å². The maximum atomic E-state index is 11.2. The summed E-state index contributed by atoms with van der Waals surface area (Å²) in [4.78, 5) is 11.2. The van der Waals surface area contributed by atoms with Crippen molar-refractivity contribution in [2.24, 2.45) is 0 Å². The smallest absolute Gasteiger partial charge is 0.310 e. The molecular formula is C14H14O3. The summed E-state index contributed by atoms with van der Waals surface area (Å²) in [6.45, 7) is 1.77. The Morgan fingerprint density at radius 1 is 1.06 bits per heavy atom. The Morgan fingerprint density at radius 3 is 2.35 bits per heavy atom. The molecule has 0 N–H and O–H groups in total. The molecule has 0 saturated carbocycles. The number of ether oxygens (including phenoxy) is 2. The van der Waals surface area contributed by atoms with Crippen molar-refractivity contribution < 1.29 is 14.3 Å². The maximum Gasteiger partial charge on any atom is 0.310 e. The predicted octanol–water partition coefficient (Wildman–Crippen LogP) is 3.16. The number of benzene rings is 2. The third kappa shape index (κ3) is 2.56. The van der Waals surface area contributed by atoms with Crippen LogP contribution in [0.15, 0.2) is 36.4 Å². The van der Waals surface area contributed by atoms with Gasteiger partial charge in [-0.2, -0.15) is 0 Å². The molecule has 0 heterocycles. The van der Waals surface area contributed by atoms with Gasteiger partial charge in [-0.25, -0.2) is 0 Å². The van der Waals surface area contributed by atoms with Crippen molar-refractivity contribution in [1.82, 2.24) is 0 Å². The Bertz CT molecular complexity index is 546. The van der Waals surface area contributed by atoms with Gasteiger partial charge in [0, 0.05) is 6.42 Å². The molecule has 3 heteroatoms. The monoisotopic (exact) mass is 230 g/mol. The molecule has 0 aliphatic rings. The van der Waals surface area contributed by atoms with Crippen molar-refractivity contribution in [2.45, 2.75) is 13.3 Å². The van der Waals surface area contributed by atoms with Crippen molar-refractivity contribution in [2.75, 3.05) is 7.11 Å². The molecule has 0 bridgehead atoms. The van der Waals surface area contributed by atoms with Gasteiger partial charge in [0.25, 0.3) is 0 Å². The molecule has 2 aromatic rings. The van der Waals surface area contributed by atoms with Crippen molar-refractivity contribution in [3.05, 3.63) is 36.4 Å². The summed E-state index contributed by atoms with van der Waals surface area (Å²) in [5.41, 5.74) is 0. The minimum atomic E-state index is -0.229. The highest BCUT2D eigenvalue weighted by molar-refractivity contribution is 5.86. The van der Waals surface area contributed by atoms with Crippen molar-refractivity contribution in [3.63, 3.8) is 0 Å². The van der Waals surface area contributed by atoms with Crippen LogP contribution in [-0.2, 0) is 4.79 Å². The van der Waals surface area contributed by atoms with E-state index in [4.69, 9.17) is 9.47 Å². The minimum Gasteiger partial charge on any atom is -0.497 e. The van der Waals surface area contributed by atoms with Gasteiger partial charge in [0.1, 0.15) is 11.5 Å². The van der Waals surface area contributed by atoms with Crippen LogP contribution in [0.3, 0.4) is 0 Å². The van der Waals surface area contributed by atoms with E-state index in [9.17, 15) is 4.79 Å². The molecule has 17 heavy (non-hydrogen) atoms. The molecule has 0 spiro atoms. The van der Waals surface area contributed by atoms with Gasteiger partial charge in [-0.3, -0.25) is 4.79 Å². The number of hydrogen-bond donors (Lipinski definition) is 0. The average Bonchev–Trinajstić information content (AvgIpc) is 2.37. The van der Waals surface area contributed by atoms with Crippen LogP contribution >= 0.6 is 0 Å². The summed E-state index contributed by atoms with van der Waals surface area (Å²) in [7, 11) is 1.63. The van der Waals surface area contributed by atoms with Crippen LogP contribution in [0.25, 0.3) is 10.8 Å². The summed E-state index contributed by atoms with van der Waals surface area (Å²) < 4.78 is 10.3. The molecule has 0 unspecified atom stereocenters. The Morgan fingerprint density at radius 2 is 1.71 bits per heavy atom. The molecule has 2 aromatic carbocycles. The van der Waals surface area contributed by atoms with Crippen molar-refractivity contribution >= 4 is 16.7 Å². The van der Waals surface area contributed by atoms with Crippen LogP contribution in [0.4, 0.5) is 0 Å². The molecule has 0 saturated heterocycles. The lowest BCUT2D eigenvalue weighted by Crippen LogP contribution is -2.05. The number of esters is 1. The Labute approximate surface area is 100.0 Å². The van der Waals surface area contributed by atoms with E-state index >= 15 is 0 Å². The molecule has 0 atom stereocenters. The number of methoxy groups -OCH3 is 1. The van der Waals surface area contributed by atoms with Gasteiger partial charge >= 0.3 is 5.97 Å². The van der Waals surface area contributed by atoms with E-state index in [1.807, 2.05) is 30.3 Å². The first-order valence-electron chi connectivity index (χ1n) is 5.51. The zero-order valence-corrected chi connectivity index (χ0v) is 9.90. The van der Waals surface area contributed by atoms with E-state index in [1.54, 1.807) is 20.1 Å². The van der Waals surface area contributed by atoms with E-state index in [0.717, 1.165) is 16.5 Å². The summed E-state index contributed by atoms with van der Waals surface area (Å²) in [6, 6.07) is 11.3. The molecule has 0 radical (unpaired) electrons. The number of fused-ring (bicyclic) bond motifs is 1. The molecule has 3 nitrogen and oxygen atoms in total. The minimum absolute atomic E-state index is 0.229. The third-order valence-electron chi connectivity index (χ3n) is 2.54. The molecule has 0 fully saturated rings. The zero-order valence-electron chi connectivity index (χ0n) is 9.90. The summed E-state index contributed by atoms with van der Waals surface area (Å²) in [5.74, 6) is 1.13. The first-order chi connectivity index (χ1) is 8.22. The number of rotatable bonds is 3. The second-order valence-corrected chi connectivity index (χ2v) is 3.70. The first-order valence-corrected chi connectivity index (χ1v) is 5.51. The summed E-state index contributed by atoms with van der Waals surface area (Å²) >= 11 is 0. The van der Waals surface area contributed by atoms with Gasteiger partial charge in [0.15, 0.2) is 0 Å². The zero-order chi connectivity index (χ0) is 12.3. The largest absolute Gasteiger partial charge is 0.497 e. The lowest BCUT2D eigenvalue weighted by Gasteiger charge is -2.06. The Balaban J connectivity index is 2.37. The standard InChI is InChI=1S/C14H14O3/c1-3-14(15)17-13-7-5-10-4-6-12(16-2)8-11(10)9-13/h4-9H,3H2,1-2H3. The normalized spacial score (nSPS) is 10.2. The van der Waals surface area contributed by atoms with E-state index in [-0.39, 0.29) is 5.97 Å². The second-order valence-electron chi connectivity index (χ2n) is 3.70. The van der Waals surface area contributed by atoms with Gasteiger partial charge in [0.2, 0.25) is 0 Å². The molecule has 0 aromatic heterocycles. The first kappa shape index (κ1) is 11.5. The number of carbonyl (C=O) groups excluding carboxylic acids is 1. The van der Waals surface area contributed by atoms with Gasteiger partial charge in [-0.1, -0.05) is 19.1 Å². The van der Waals surface area contributed by atoms with Gasteiger partial charge < -0.3 is 9.47 Å². The van der Waals surface area contributed by atoms with E-state index < -0.39 is 0 Å². The fraction of sp³-hybridized carbons (Fsp3) is 0.214. The SMILES string of the molecule is CCC(=O)Oc1ccc2ccc(OC)cc2c1.